The normalized spacial score (nSPS) is 11.0. The number of furan rings is 1. The van der Waals surface area contributed by atoms with E-state index in [9.17, 15) is 4.79 Å². The van der Waals surface area contributed by atoms with Crippen LogP contribution in [0.4, 0.5) is 0 Å². The molecule has 0 radical (unpaired) electrons. The van der Waals surface area contributed by atoms with Crippen molar-refractivity contribution in [1.82, 2.24) is 10.3 Å². The Balaban J connectivity index is 1.49. The van der Waals surface area contributed by atoms with Gasteiger partial charge < -0.3 is 9.73 Å². The second-order valence-corrected chi connectivity index (χ2v) is 7.38. The topological polar surface area (TPSA) is 55.1 Å². The number of benzene rings is 2. The molecule has 1 amide bonds. The molecule has 2 heterocycles. The lowest BCUT2D eigenvalue weighted by Crippen LogP contribution is -2.23. The molecule has 0 fully saturated rings. The Morgan fingerprint density at radius 1 is 1.04 bits per heavy atom. The van der Waals surface area contributed by atoms with E-state index in [-0.39, 0.29) is 18.0 Å². The van der Waals surface area contributed by atoms with Gasteiger partial charge in [0, 0.05) is 0 Å². The molecule has 0 aliphatic heterocycles. The number of halogens is 2. The molecule has 0 atom stereocenters. The highest BCUT2D eigenvalue weighted by Crippen LogP contribution is 2.31. The van der Waals surface area contributed by atoms with Gasteiger partial charge in [0.1, 0.15) is 5.76 Å². The number of aromatic nitrogens is 1. The van der Waals surface area contributed by atoms with Gasteiger partial charge in [-0.2, -0.15) is 0 Å². The summed E-state index contributed by atoms with van der Waals surface area (Å²) in [5, 5.41) is 4.19. The fourth-order valence-electron chi connectivity index (χ4n) is 2.54. The zero-order valence-electron chi connectivity index (χ0n) is 13.3. The van der Waals surface area contributed by atoms with Crippen LogP contribution < -0.4 is 5.32 Å². The van der Waals surface area contributed by atoms with Crippen LogP contribution in [-0.4, -0.2) is 10.9 Å². The second kappa shape index (κ2) is 7.11. The van der Waals surface area contributed by atoms with Gasteiger partial charge in [-0.1, -0.05) is 41.4 Å². The summed E-state index contributed by atoms with van der Waals surface area (Å²) in [6, 6.07) is 16.5. The van der Waals surface area contributed by atoms with Crippen molar-refractivity contribution in [2.24, 2.45) is 0 Å². The average molecular weight is 403 g/mol. The minimum atomic E-state index is -0.349. The molecule has 2 aromatic carbocycles. The zero-order valence-corrected chi connectivity index (χ0v) is 15.7. The van der Waals surface area contributed by atoms with E-state index in [1.807, 2.05) is 36.4 Å². The molecule has 4 aromatic rings. The lowest BCUT2D eigenvalue weighted by molar-refractivity contribution is 0.0948. The predicted molar refractivity (Wildman–Crippen MR) is 105 cm³/mol. The van der Waals surface area contributed by atoms with Crippen LogP contribution >= 0.6 is 34.5 Å². The van der Waals surface area contributed by atoms with E-state index in [1.54, 1.807) is 29.5 Å². The predicted octanol–water partition coefficient (Wildman–Crippen LogP) is 5.79. The van der Waals surface area contributed by atoms with Crippen LogP contribution in [-0.2, 0) is 6.54 Å². The molecule has 0 unspecified atom stereocenters. The molecule has 4 rings (SSSR count). The number of hydrogen-bond acceptors (Lipinski definition) is 4. The number of thiazole rings is 1. The molecule has 1 N–H and O–H groups in total. The summed E-state index contributed by atoms with van der Waals surface area (Å²) in [4.78, 5) is 16.9. The lowest BCUT2D eigenvalue weighted by Gasteiger charge is -2.07. The molecule has 0 bridgehead atoms. The molecular weight excluding hydrogens is 391 g/mol. The Hall–Kier alpha value is -2.34. The number of hydrogen-bond donors (Lipinski definition) is 1. The molecule has 130 valence electrons. The zero-order chi connectivity index (χ0) is 18.1. The van der Waals surface area contributed by atoms with Crippen molar-refractivity contribution in [3.05, 3.63) is 76.0 Å². The van der Waals surface area contributed by atoms with Gasteiger partial charge in [-0.05, 0) is 36.4 Å². The second-order valence-electron chi connectivity index (χ2n) is 5.53. The Bertz CT molecular complexity index is 1050. The van der Waals surface area contributed by atoms with E-state index in [0.29, 0.717) is 21.6 Å². The van der Waals surface area contributed by atoms with Gasteiger partial charge in [-0.15, -0.1) is 11.3 Å². The number of rotatable bonds is 4. The Morgan fingerprint density at radius 2 is 1.81 bits per heavy atom. The number of para-hydroxylation sites is 1. The first-order valence-corrected chi connectivity index (χ1v) is 9.36. The van der Waals surface area contributed by atoms with Crippen molar-refractivity contribution in [2.75, 3.05) is 0 Å². The third-order valence-corrected chi connectivity index (χ3v) is 5.46. The average Bonchev–Trinajstić information content (AvgIpc) is 3.26. The lowest BCUT2D eigenvalue weighted by atomic mass is 10.2. The van der Waals surface area contributed by atoms with Crippen LogP contribution in [0.25, 0.3) is 21.0 Å². The van der Waals surface area contributed by atoms with Crippen LogP contribution in [0.1, 0.15) is 16.1 Å². The summed E-state index contributed by atoms with van der Waals surface area (Å²) in [6.45, 7) is 0.227. The first kappa shape index (κ1) is 17.1. The van der Waals surface area contributed by atoms with Gasteiger partial charge in [0.2, 0.25) is 0 Å². The maximum absolute atomic E-state index is 12.3. The number of carbonyl (C=O) groups is 1. The smallest absolute Gasteiger partial charge is 0.254 e. The number of carbonyl (C=O) groups excluding carboxylic acids is 1. The SMILES string of the molecule is O=C(NCc1ccc(-c2nc3ccccc3s2)o1)c1c(Cl)cccc1Cl. The molecule has 0 aliphatic carbocycles. The number of amides is 1. The molecule has 0 saturated heterocycles. The van der Waals surface area contributed by atoms with Crippen molar-refractivity contribution >= 4 is 50.7 Å². The first-order chi connectivity index (χ1) is 12.6. The first-order valence-electron chi connectivity index (χ1n) is 7.78. The number of nitrogens with one attached hydrogen (secondary N) is 1. The molecule has 0 spiro atoms. The van der Waals surface area contributed by atoms with E-state index in [0.717, 1.165) is 15.2 Å². The highest BCUT2D eigenvalue weighted by Gasteiger charge is 2.15. The summed E-state index contributed by atoms with van der Waals surface area (Å²) in [7, 11) is 0. The van der Waals surface area contributed by atoms with E-state index in [4.69, 9.17) is 27.6 Å². The third kappa shape index (κ3) is 3.33. The molecule has 4 nitrogen and oxygen atoms in total. The number of fused-ring (bicyclic) bond motifs is 1. The molecule has 26 heavy (non-hydrogen) atoms. The van der Waals surface area contributed by atoms with E-state index in [2.05, 4.69) is 10.3 Å². The molecule has 0 saturated carbocycles. The summed E-state index contributed by atoms with van der Waals surface area (Å²) >= 11 is 13.7. The highest BCUT2D eigenvalue weighted by atomic mass is 35.5. The van der Waals surface area contributed by atoms with Crippen LogP contribution in [0, 0.1) is 0 Å². The van der Waals surface area contributed by atoms with Gasteiger partial charge in [0.25, 0.3) is 5.91 Å². The van der Waals surface area contributed by atoms with Crippen molar-refractivity contribution < 1.29 is 9.21 Å². The maximum atomic E-state index is 12.3. The van der Waals surface area contributed by atoms with Gasteiger partial charge in [0.15, 0.2) is 10.8 Å². The standard InChI is InChI=1S/C19H12Cl2N2O2S/c20-12-4-3-5-13(21)17(12)18(24)22-10-11-8-9-15(25-11)19-23-14-6-1-2-7-16(14)26-19/h1-9H,10H2,(H,22,24). The van der Waals surface area contributed by atoms with Crippen LogP contribution in [0.5, 0.6) is 0 Å². The molecule has 2 aromatic heterocycles. The molecule has 0 aliphatic rings. The van der Waals surface area contributed by atoms with Crippen molar-refractivity contribution in [2.45, 2.75) is 6.54 Å². The van der Waals surface area contributed by atoms with Crippen molar-refractivity contribution in [3.63, 3.8) is 0 Å². The van der Waals surface area contributed by atoms with Gasteiger partial charge >= 0.3 is 0 Å². The Kier molecular flexibility index (Phi) is 4.68. The molecule has 7 heteroatoms. The maximum Gasteiger partial charge on any atom is 0.254 e. The molecular formula is C19H12Cl2N2O2S. The highest BCUT2D eigenvalue weighted by molar-refractivity contribution is 7.21. The minimum Gasteiger partial charge on any atom is -0.457 e. The summed E-state index contributed by atoms with van der Waals surface area (Å²) in [6.07, 6.45) is 0. The fourth-order valence-corrected chi connectivity index (χ4v) is 4.03. The number of nitrogens with zero attached hydrogens (tertiary/aromatic N) is 1. The summed E-state index contributed by atoms with van der Waals surface area (Å²) in [5.74, 6) is 0.945. The summed E-state index contributed by atoms with van der Waals surface area (Å²) in [5.41, 5.74) is 1.20. The van der Waals surface area contributed by atoms with Crippen molar-refractivity contribution in [3.8, 4) is 10.8 Å². The van der Waals surface area contributed by atoms with Crippen molar-refractivity contribution in [1.29, 1.82) is 0 Å². The van der Waals surface area contributed by atoms with Gasteiger partial charge in [-0.3, -0.25) is 4.79 Å². The van der Waals surface area contributed by atoms with Crippen LogP contribution in [0.15, 0.2) is 59.0 Å². The van der Waals surface area contributed by atoms with Gasteiger partial charge in [0.05, 0.1) is 32.4 Å². The quantitative estimate of drug-likeness (QED) is 0.469. The monoisotopic (exact) mass is 402 g/mol. The van der Waals surface area contributed by atoms with Crippen LogP contribution in [0.3, 0.4) is 0 Å². The van der Waals surface area contributed by atoms with E-state index >= 15 is 0 Å². The largest absolute Gasteiger partial charge is 0.457 e. The third-order valence-electron chi connectivity index (χ3n) is 3.78. The van der Waals surface area contributed by atoms with E-state index < -0.39 is 0 Å². The minimum absolute atomic E-state index is 0.227. The van der Waals surface area contributed by atoms with E-state index in [1.165, 1.54) is 0 Å². The Morgan fingerprint density at radius 3 is 2.58 bits per heavy atom. The Labute approximate surface area is 163 Å². The summed E-state index contributed by atoms with van der Waals surface area (Å²) < 4.78 is 6.91. The van der Waals surface area contributed by atoms with Crippen LogP contribution in [0.2, 0.25) is 10.0 Å². The fraction of sp³-hybridized carbons (Fsp3) is 0.0526. The van der Waals surface area contributed by atoms with Gasteiger partial charge in [-0.25, -0.2) is 4.98 Å².